The third-order valence-electron chi connectivity index (χ3n) is 5.35. The number of nitrogens with zero attached hydrogens (tertiary/aromatic N) is 2. The van der Waals surface area contributed by atoms with Gasteiger partial charge in [-0.15, -0.1) is 11.3 Å². The van der Waals surface area contributed by atoms with E-state index in [1.165, 1.54) is 11.3 Å². The Morgan fingerprint density at radius 1 is 0.970 bits per heavy atom. The van der Waals surface area contributed by atoms with Crippen molar-refractivity contribution >= 4 is 28.8 Å². The highest BCUT2D eigenvalue weighted by Crippen LogP contribution is 2.27. The van der Waals surface area contributed by atoms with Crippen molar-refractivity contribution < 1.29 is 10.1 Å². The summed E-state index contributed by atoms with van der Waals surface area (Å²) in [6, 6.07) is 27.5. The van der Waals surface area contributed by atoms with Gasteiger partial charge in [0.1, 0.15) is 0 Å². The second kappa shape index (κ2) is 10.6. The van der Waals surface area contributed by atoms with Gasteiger partial charge in [-0.25, -0.2) is 9.98 Å². The Kier molecular flexibility index (Phi) is 7.43. The van der Waals surface area contributed by atoms with Crippen LogP contribution in [0.5, 0.6) is 0 Å². The van der Waals surface area contributed by atoms with Crippen LogP contribution >= 0.6 is 22.9 Å². The quantitative estimate of drug-likeness (QED) is 0.285. The molecular formula is C27H27ClN3OS+. The van der Waals surface area contributed by atoms with Crippen LogP contribution in [0.15, 0.2) is 95.3 Å². The van der Waals surface area contributed by atoms with Crippen molar-refractivity contribution in [2.75, 3.05) is 0 Å². The average Bonchev–Trinajstić information content (AvgIpc) is 3.25. The fourth-order valence-corrected chi connectivity index (χ4v) is 4.77. The molecule has 0 fully saturated rings. The number of hydrogen-bond acceptors (Lipinski definition) is 2. The largest absolute Gasteiger partial charge is 0.462 e. The van der Waals surface area contributed by atoms with Gasteiger partial charge in [-0.05, 0) is 23.6 Å². The number of aliphatic hydroxyl groups is 1. The summed E-state index contributed by atoms with van der Waals surface area (Å²) in [4.78, 5) is 8.94. The van der Waals surface area contributed by atoms with Crippen LogP contribution in [-0.2, 0) is 6.54 Å². The van der Waals surface area contributed by atoms with E-state index in [1.807, 2.05) is 72.8 Å². The second-order valence-electron chi connectivity index (χ2n) is 8.10. The number of halogens is 1. The van der Waals surface area contributed by atoms with Gasteiger partial charge in [0.2, 0.25) is 0 Å². The molecule has 168 valence electrons. The summed E-state index contributed by atoms with van der Waals surface area (Å²) in [6.07, 6.45) is 0. The molecule has 33 heavy (non-hydrogen) atoms. The number of hydrogen-bond donors (Lipinski definition) is 2. The van der Waals surface area contributed by atoms with E-state index in [-0.39, 0.29) is 11.8 Å². The maximum atomic E-state index is 10.9. The maximum Gasteiger partial charge on any atom is 0.358 e. The van der Waals surface area contributed by atoms with Gasteiger partial charge in [-0.3, -0.25) is 4.57 Å². The minimum Gasteiger partial charge on any atom is -0.462 e. The molecule has 1 heterocycles. The van der Waals surface area contributed by atoms with Crippen molar-refractivity contribution in [3.63, 3.8) is 0 Å². The lowest BCUT2D eigenvalue weighted by molar-refractivity contribution is -0.486. The molecule has 4 nitrogen and oxygen atoms in total. The third kappa shape index (κ3) is 5.44. The van der Waals surface area contributed by atoms with Crippen LogP contribution in [0.3, 0.4) is 0 Å². The van der Waals surface area contributed by atoms with Crippen LogP contribution in [0.25, 0.3) is 16.9 Å². The molecule has 2 N–H and O–H groups in total. The third-order valence-corrected chi connectivity index (χ3v) is 6.51. The number of rotatable bonds is 7. The Morgan fingerprint density at radius 2 is 1.61 bits per heavy atom. The van der Waals surface area contributed by atoms with Gasteiger partial charge in [0.25, 0.3) is 0 Å². The first-order valence-electron chi connectivity index (χ1n) is 10.9. The van der Waals surface area contributed by atoms with E-state index < -0.39 is 6.04 Å². The second-order valence-corrected chi connectivity index (χ2v) is 9.34. The minimum absolute atomic E-state index is 0.0928. The summed E-state index contributed by atoms with van der Waals surface area (Å²) in [5, 5.41) is 13.7. The van der Waals surface area contributed by atoms with E-state index >= 15 is 0 Å². The number of aliphatic hydroxyl groups excluding tert-OH is 1. The molecular weight excluding hydrogens is 450 g/mol. The highest BCUT2D eigenvalue weighted by atomic mass is 35.5. The van der Waals surface area contributed by atoms with Crippen LogP contribution in [-0.4, -0.2) is 21.6 Å². The van der Waals surface area contributed by atoms with Crippen LogP contribution in [0, 0.1) is 5.92 Å². The molecule has 0 saturated carbocycles. The van der Waals surface area contributed by atoms with E-state index in [0.717, 1.165) is 27.3 Å². The molecule has 0 aliphatic rings. The Bertz CT molecular complexity index is 1290. The van der Waals surface area contributed by atoms with Crippen molar-refractivity contribution in [2.24, 2.45) is 10.9 Å². The Hall–Kier alpha value is -3.15. The van der Waals surface area contributed by atoms with Crippen molar-refractivity contribution in [1.82, 2.24) is 4.57 Å². The molecule has 0 radical (unpaired) electrons. The molecule has 4 aromatic rings. The first-order valence-corrected chi connectivity index (χ1v) is 12.2. The average molecular weight is 477 g/mol. The van der Waals surface area contributed by atoms with Gasteiger partial charge < -0.3 is 5.11 Å². The van der Waals surface area contributed by atoms with Gasteiger partial charge in [0.05, 0.1) is 16.4 Å². The fraction of sp³-hybridized carbons (Fsp3) is 0.185. The summed E-state index contributed by atoms with van der Waals surface area (Å²) in [5.74, 6) is 0.254. The molecule has 0 aliphatic heterocycles. The fourth-order valence-electron chi connectivity index (χ4n) is 3.62. The van der Waals surface area contributed by atoms with Gasteiger partial charge in [0.15, 0.2) is 17.4 Å². The van der Waals surface area contributed by atoms with Gasteiger partial charge in [0, 0.05) is 10.9 Å². The maximum absolute atomic E-state index is 10.9. The lowest BCUT2D eigenvalue weighted by atomic mass is 10.1. The monoisotopic (exact) mass is 476 g/mol. The van der Waals surface area contributed by atoms with Gasteiger partial charge in [-0.2, -0.15) is 0 Å². The van der Waals surface area contributed by atoms with Gasteiger partial charge >= 0.3 is 5.90 Å². The lowest BCUT2D eigenvalue weighted by Gasteiger charge is -2.13. The predicted octanol–water partition coefficient (Wildman–Crippen LogP) is 5.02. The Balaban J connectivity index is 1.81. The van der Waals surface area contributed by atoms with Crippen molar-refractivity contribution in [3.8, 4) is 16.9 Å². The SMILES string of the molecule is CC(C)[C@H](N=c1scc(-c2ccccc2)n1-c1ccccc1Cl)C(O)=[NH+]Cc1ccccc1. The highest BCUT2D eigenvalue weighted by molar-refractivity contribution is 7.07. The van der Waals surface area contributed by atoms with Crippen LogP contribution in [0.2, 0.25) is 5.02 Å². The van der Waals surface area contributed by atoms with Crippen molar-refractivity contribution in [2.45, 2.75) is 26.4 Å². The summed E-state index contributed by atoms with van der Waals surface area (Å²) in [6.45, 7) is 4.65. The van der Waals surface area contributed by atoms with Crippen LogP contribution < -0.4 is 9.79 Å². The van der Waals surface area contributed by atoms with E-state index in [0.29, 0.717) is 11.6 Å². The molecule has 4 rings (SSSR count). The minimum atomic E-state index is -0.412. The molecule has 6 heteroatoms. The smallest absolute Gasteiger partial charge is 0.358 e. The molecule has 0 saturated heterocycles. The number of thiazole rings is 1. The zero-order valence-corrected chi connectivity index (χ0v) is 20.2. The van der Waals surface area contributed by atoms with Gasteiger partial charge in [-0.1, -0.05) is 98.2 Å². The summed E-state index contributed by atoms with van der Waals surface area (Å²) < 4.78 is 2.07. The standard InChI is InChI=1S/C27H26ClN3OS/c1-19(2)25(26(32)29-17-20-11-5-3-6-12-20)30-27-31(23-16-10-9-15-22(23)28)24(18-33-27)21-13-7-4-8-14-21/h3-16,18-19,25H,17H2,1-2H3,(H,29,32)/p+1/t25-/m0/s1. The Morgan fingerprint density at radius 3 is 2.27 bits per heavy atom. The zero-order chi connectivity index (χ0) is 23.2. The molecule has 3 aromatic carbocycles. The molecule has 0 spiro atoms. The molecule has 0 bridgehead atoms. The van der Waals surface area contributed by atoms with E-state index in [4.69, 9.17) is 16.6 Å². The van der Waals surface area contributed by atoms with Crippen LogP contribution in [0.1, 0.15) is 19.4 Å². The summed E-state index contributed by atoms with van der Waals surface area (Å²) in [7, 11) is 0. The summed E-state index contributed by atoms with van der Waals surface area (Å²) >= 11 is 8.14. The normalized spacial score (nSPS) is 13.5. The lowest BCUT2D eigenvalue weighted by Crippen LogP contribution is -2.74. The molecule has 0 unspecified atom stereocenters. The van der Waals surface area contributed by atoms with Crippen molar-refractivity contribution in [1.29, 1.82) is 0 Å². The first kappa shape index (κ1) is 23.0. The zero-order valence-electron chi connectivity index (χ0n) is 18.6. The van der Waals surface area contributed by atoms with Crippen LogP contribution in [0.4, 0.5) is 0 Å². The molecule has 0 amide bonds. The number of aromatic nitrogens is 1. The number of nitrogens with one attached hydrogen (secondary N) is 1. The topological polar surface area (TPSA) is 51.5 Å². The molecule has 1 atom stereocenters. The van der Waals surface area contributed by atoms with E-state index in [9.17, 15) is 5.11 Å². The number of benzene rings is 3. The van der Waals surface area contributed by atoms with Crippen molar-refractivity contribution in [3.05, 3.63) is 106 Å². The highest BCUT2D eigenvalue weighted by Gasteiger charge is 2.25. The molecule has 0 aliphatic carbocycles. The summed E-state index contributed by atoms with van der Waals surface area (Å²) in [5.41, 5.74) is 4.04. The first-order chi connectivity index (χ1) is 16.0. The van der Waals surface area contributed by atoms with E-state index in [1.54, 1.807) is 0 Å². The molecule has 1 aromatic heterocycles. The van der Waals surface area contributed by atoms with E-state index in [2.05, 4.69) is 40.9 Å². The Labute approximate surface area is 203 Å². The number of para-hydroxylation sites is 1. The predicted molar refractivity (Wildman–Crippen MR) is 137 cm³/mol.